The van der Waals surface area contributed by atoms with Gasteiger partial charge in [0.05, 0.1) is 22.5 Å². The molecule has 0 aromatic carbocycles. The van der Waals surface area contributed by atoms with Crippen LogP contribution >= 0.6 is 11.3 Å². The van der Waals surface area contributed by atoms with Gasteiger partial charge in [0, 0.05) is 6.20 Å². The van der Waals surface area contributed by atoms with Crippen LogP contribution < -0.4 is 0 Å². The van der Waals surface area contributed by atoms with Crippen molar-refractivity contribution in [1.82, 2.24) is 19.7 Å². The normalized spacial score (nSPS) is 10.7. The van der Waals surface area contributed by atoms with Crippen LogP contribution in [0.15, 0.2) is 36.0 Å². The monoisotopic (exact) mass is 286 g/mol. The smallest absolute Gasteiger partial charge is 0.339 e. The molecule has 0 aliphatic carbocycles. The second-order valence-electron chi connectivity index (χ2n) is 4.08. The molecule has 3 heterocycles. The fourth-order valence-corrected chi connectivity index (χ4v) is 2.53. The molecule has 7 heteroatoms. The summed E-state index contributed by atoms with van der Waals surface area (Å²) in [5.74, 6) is -0.649. The SMILES string of the molecule is Cc1c(C(=O)O)cnn1-c1nccc(-c2cccs2)n1. The van der Waals surface area contributed by atoms with Crippen molar-refractivity contribution in [3.63, 3.8) is 0 Å². The van der Waals surface area contributed by atoms with Crippen LogP contribution in [-0.2, 0) is 0 Å². The molecule has 6 nitrogen and oxygen atoms in total. The van der Waals surface area contributed by atoms with Crippen LogP contribution in [0.2, 0.25) is 0 Å². The van der Waals surface area contributed by atoms with E-state index in [1.165, 1.54) is 10.9 Å². The van der Waals surface area contributed by atoms with Gasteiger partial charge in [-0.1, -0.05) is 6.07 Å². The van der Waals surface area contributed by atoms with Gasteiger partial charge >= 0.3 is 5.97 Å². The summed E-state index contributed by atoms with van der Waals surface area (Å²) in [4.78, 5) is 20.6. The molecule has 3 rings (SSSR count). The summed E-state index contributed by atoms with van der Waals surface area (Å²) in [6.07, 6.45) is 2.94. The van der Waals surface area contributed by atoms with Crippen LogP contribution in [0.3, 0.4) is 0 Å². The maximum atomic E-state index is 11.0. The molecule has 3 aromatic heterocycles. The summed E-state index contributed by atoms with van der Waals surface area (Å²) in [5.41, 5.74) is 1.44. The summed E-state index contributed by atoms with van der Waals surface area (Å²) >= 11 is 1.58. The van der Waals surface area contributed by atoms with Crippen molar-refractivity contribution >= 4 is 17.3 Å². The van der Waals surface area contributed by atoms with Crippen molar-refractivity contribution in [3.05, 3.63) is 47.2 Å². The van der Waals surface area contributed by atoms with E-state index in [1.807, 2.05) is 23.6 Å². The highest BCUT2D eigenvalue weighted by atomic mass is 32.1. The van der Waals surface area contributed by atoms with Crippen molar-refractivity contribution in [2.24, 2.45) is 0 Å². The van der Waals surface area contributed by atoms with Gasteiger partial charge in [0.1, 0.15) is 5.56 Å². The molecule has 0 radical (unpaired) electrons. The Morgan fingerprint density at radius 3 is 2.90 bits per heavy atom. The second kappa shape index (κ2) is 4.86. The number of hydrogen-bond acceptors (Lipinski definition) is 5. The molecule has 20 heavy (non-hydrogen) atoms. The van der Waals surface area contributed by atoms with Gasteiger partial charge in [0.25, 0.3) is 5.95 Å². The zero-order valence-electron chi connectivity index (χ0n) is 10.5. The molecule has 0 fully saturated rings. The number of carbonyl (C=O) groups is 1. The molecule has 0 saturated heterocycles. The molecule has 100 valence electrons. The summed E-state index contributed by atoms with van der Waals surface area (Å²) in [7, 11) is 0. The van der Waals surface area contributed by atoms with Crippen LogP contribution in [0.1, 0.15) is 16.1 Å². The number of carboxylic acids is 1. The molecule has 0 atom stereocenters. The molecule has 3 aromatic rings. The lowest BCUT2D eigenvalue weighted by molar-refractivity contribution is 0.0696. The van der Waals surface area contributed by atoms with Gasteiger partial charge in [0.2, 0.25) is 0 Å². The van der Waals surface area contributed by atoms with Gasteiger partial charge in [-0.25, -0.2) is 19.4 Å². The highest BCUT2D eigenvalue weighted by Gasteiger charge is 2.15. The van der Waals surface area contributed by atoms with E-state index in [2.05, 4.69) is 15.1 Å². The zero-order chi connectivity index (χ0) is 14.1. The fourth-order valence-electron chi connectivity index (χ4n) is 1.83. The van der Waals surface area contributed by atoms with Crippen LogP contribution in [0.5, 0.6) is 0 Å². The third-order valence-corrected chi connectivity index (χ3v) is 3.74. The Morgan fingerprint density at radius 1 is 1.40 bits per heavy atom. The van der Waals surface area contributed by atoms with Crippen molar-refractivity contribution < 1.29 is 9.90 Å². The van der Waals surface area contributed by atoms with E-state index >= 15 is 0 Å². The standard InChI is InChI=1S/C13H10N4O2S/c1-8-9(12(18)19)7-15-17(8)13-14-5-4-10(16-13)11-3-2-6-20-11/h2-7H,1H3,(H,18,19). The minimum Gasteiger partial charge on any atom is -0.478 e. The second-order valence-corrected chi connectivity index (χ2v) is 5.03. The van der Waals surface area contributed by atoms with Crippen molar-refractivity contribution in [2.45, 2.75) is 6.92 Å². The zero-order valence-corrected chi connectivity index (χ0v) is 11.3. The number of hydrogen-bond donors (Lipinski definition) is 1. The van der Waals surface area contributed by atoms with E-state index in [9.17, 15) is 4.79 Å². The van der Waals surface area contributed by atoms with Gasteiger partial charge < -0.3 is 5.11 Å². The molecule has 0 aliphatic rings. The summed E-state index contributed by atoms with van der Waals surface area (Å²) in [5, 5.41) is 15.1. The summed E-state index contributed by atoms with van der Waals surface area (Å²) in [6.45, 7) is 1.68. The number of aromatic carboxylic acids is 1. The topological polar surface area (TPSA) is 80.9 Å². The first-order valence-electron chi connectivity index (χ1n) is 5.82. The highest BCUT2D eigenvalue weighted by Crippen LogP contribution is 2.23. The van der Waals surface area contributed by atoms with E-state index < -0.39 is 5.97 Å². The molecular formula is C13H10N4O2S. The van der Waals surface area contributed by atoms with Crippen molar-refractivity contribution in [2.75, 3.05) is 0 Å². The van der Waals surface area contributed by atoms with Gasteiger partial charge in [-0.3, -0.25) is 0 Å². The average molecular weight is 286 g/mol. The molecule has 0 bridgehead atoms. The number of carboxylic acid groups (broad SMARTS) is 1. The Bertz CT molecular complexity index is 765. The molecule has 0 spiro atoms. The Hall–Kier alpha value is -2.54. The lowest BCUT2D eigenvalue weighted by atomic mass is 10.3. The average Bonchev–Trinajstić information content (AvgIpc) is 3.08. The minimum atomic E-state index is -1.01. The summed E-state index contributed by atoms with van der Waals surface area (Å²) in [6, 6.07) is 5.73. The van der Waals surface area contributed by atoms with Crippen molar-refractivity contribution in [1.29, 1.82) is 0 Å². The first-order valence-corrected chi connectivity index (χ1v) is 6.70. The predicted molar refractivity (Wildman–Crippen MR) is 74.2 cm³/mol. The number of aromatic nitrogens is 4. The maximum Gasteiger partial charge on any atom is 0.339 e. The van der Waals surface area contributed by atoms with Gasteiger partial charge in [-0.15, -0.1) is 11.3 Å². The number of thiophene rings is 1. The molecular weight excluding hydrogens is 276 g/mol. The Labute approximate surface area is 118 Å². The van der Waals surface area contributed by atoms with Crippen molar-refractivity contribution in [3.8, 4) is 16.5 Å². The van der Waals surface area contributed by atoms with E-state index in [0.717, 1.165) is 10.6 Å². The number of rotatable bonds is 3. The van der Waals surface area contributed by atoms with E-state index in [-0.39, 0.29) is 5.56 Å². The lowest BCUT2D eigenvalue weighted by Gasteiger charge is -2.04. The molecule has 0 saturated carbocycles. The van der Waals surface area contributed by atoms with Crippen LogP contribution in [-0.4, -0.2) is 30.8 Å². The third kappa shape index (κ3) is 2.08. The first kappa shape index (κ1) is 12.5. The third-order valence-electron chi connectivity index (χ3n) is 2.85. The van der Waals surface area contributed by atoms with Gasteiger partial charge in [-0.05, 0) is 24.4 Å². The fraction of sp³-hybridized carbons (Fsp3) is 0.0769. The molecule has 0 unspecified atom stereocenters. The number of nitrogens with zero attached hydrogens (tertiary/aromatic N) is 4. The van der Waals surface area contributed by atoms with Crippen LogP contribution in [0.25, 0.3) is 16.5 Å². The summed E-state index contributed by atoms with van der Waals surface area (Å²) < 4.78 is 1.43. The Kier molecular flexibility index (Phi) is 3.03. The van der Waals surface area contributed by atoms with Crippen LogP contribution in [0.4, 0.5) is 0 Å². The van der Waals surface area contributed by atoms with Gasteiger partial charge in [-0.2, -0.15) is 5.10 Å². The van der Waals surface area contributed by atoms with E-state index in [1.54, 1.807) is 24.5 Å². The first-order chi connectivity index (χ1) is 9.66. The molecule has 0 amide bonds. The lowest BCUT2D eigenvalue weighted by Crippen LogP contribution is -2.06. The minimum absolute atomic E-state index is 0.148. The quantitative estimate of drug-likeness (QED) is 0.799. The van der Waals surface area contributed by atoms with Gasteiger partial charge in [0.15, 0.2) is 0 Å². The Balaban J connectivity index is 2.07. The van der Waals surface area contributed by atoms with E-state index in [0.29, 0.717) is 11.6 Å². The molecule has 0 aliphatic heterocycles. The maximum absolute atomic E-state index is 11.0. The predicted octanol–water partition coefficient (Wildman–Crippen LogP) is 2.40. The largest absolute Gasteiger partial charge is 0.478 e. The van der Waals surface area contributed by atoms with E-state index in [4.69, 9.17) is 5.11 Å². The van der Waals surface area contributed by atoms with Crippen LogP contribution in [0, 0.1) is 6.92 Å². The highest BCUT2D eigenvalue weighted by molar-refractivity contribution is 7.13. The Morgan fingerprint density at radius 2 is 2.25 bits per heavy atom. The molecule has 1 N–H and O–H groups in total.